The van der Waals surface area contributed by atoms with Gasteiger partial charge in [0.25, 0.3) is 0 Å². The fourth-order valence-electron chi connectivity index (χ4n) is 4.30. The summed E-state index contributed by atoms with van der Waals surface area (Å²) in [6.45, 7) is 4.19. The van der Waals surface area contributed by atoms with Gasteiger partial charge in [-0.2, -0.15) is 0 Å². The summed E-state index contributed by atoms with van der Waals surface area (Å²) in [5.74, 6) is -0.0901. The number of rotatable bonds is 8. The largest absolute Gasteiger partial charge is 0.298 e. The minimum Gasteiger partial charge on any atom is -0.298 e. The minimum absolute atomic E-state index is 0.186. The molecule has 32 heavy (non-hydrogen) atoms. The van der Waals surface area contributed by atoms with Gasteiger partial charge in [-0.25, -0.2) is 0 Å². The molecular weight excluding hydrogens is 388 g/mol. The van der Waals surface area contributed by atoms with Crippen LogP contribution in [-0.4, -0.2) is 5.78 Å². The Bertz CT molecular complexity index is 1030. The molecular formula is C31H30O. The average Bonchev–Trinajstić information content (AvgIpc) is 2.84. The van der Waals surface area contributed by atoms with Gasteiger partial charge in [0.1, 0.15) is 5.78 Å². The Morgan fingerprint density at radius 3 is 1.22 bits per heavy atom. The Balaban J connectivity index is 1.71. The maximum atomic E-state index is 14.2. The first-order valence-electron chi connectivity index (χ1n) is 11.3. The SMILES string of the molecule is Cc1ccc(CC(C(=O)C(Cc2ccc(C)cc2)c2ccccc2)c2ccccc2)cc1. The third kappa shape index (κ3) is 5.42. The van der Waals surface area contributed by atoms with Crippen molar-refractivity contribution >= 4 is 5.78 Å². The summed E-state index contributed by atoms with van der Waals surface area (Å²) in [6, 6.07) is 37.6. The molecule has 0 amide bonds. The highest BCUT2D eigenvalue weighted by Crippen LogP contribution is 2.32. The first-order valence-corrected chi connectivity index (χ1v) is 11.3. The van der Waals surface area contributed by atoms with Crippen LogP contribution >= 0.6 is 0 Å². The van der Waals surface area contributed by atoms with Gasteiger partial charge in [0.2, 0.25) is 0 Å². The van der Waals surface area contributed by atoms with E-state index in [4.69, 9.17) is 0 Å². The summed E-state index contributed by atoms with van der Waals surface area (Å²) < 4.78 is 0. The molecule has 160 valence electrons. The molecule has 1 nitrogen and oxygen atoms in total. The maximum absolute atomic E-state index is 14.2. The highest BCUT2D eigenvalue weighted by Gasteiger charge is 2.29. The van der Waals surface area contributed by atoms with Gasteiger partial charge < -0.3 is 0 Å². The molecule has 0 radical (unpaired) electrons. The first kappa shape index (κ1) is 21.8. The van der Waals surface area contributed by atoms with Crippen LogP contribution in [0.5, 0.6) is 0 Å². The second kappa shape index (κ2) is 10.2. The summed E-state index contributed by atoms with van der Waals surface area (Å²) >= 11 is 0. The predicted octanol–water partition coefficient (Wildman–Crippen LogP) is 7.23. The van der Waals surface area contributed by atoms with E-state index < -0.39 is 0 Å². The van der Waals surface area contributed by atoms with E-state index in [-0.39, 0.29) is 17.6 Å². The molecule has 0 aliphatic rings. The minimum atomic E-state index is -0.186. The molecule has 0 aliphatic carbocycles. The fraction of sp³-hybridized carbons (Fsp3) is 0.194. The molecule has 2 unspecified atom stereocenters. The van der Waals surface area contributed by atoms with Gasteiger partial charge >= 0.3 is 0 Å². The van der Waals surface area contributed by atoms with Crippen LogP contribution in [0, 0.1) is 13.8 Å². The molecule has 0 aromatic heterocycles. The van der Waals surface area contributed by atoms with Crippen LogP contribution in [0.4, 0.5) is 0 Å². The number of benzene rings is 4. The lowest BCUT2D eigenvalue weighted by Gasteiger charge is -2.24. The number of carbonyl (C=O) groups excluding carboxylic acids is 1. The number of hydrogen-bond acceptors (Lipinski definition) is 1. The normalized spacial score (nSPS) is 12.8. The van der Waals surface area contributed by atoms with Gasteiger partial charge in [-0.05, 0) is 48.9 Å². The summed E-state index contributed by atoms with van der Waals surface area (Å²) in [4.78, 5) is 14.2. The maximum Gasteiger partial charge on any atom is 0.148 e. The summed E-state index contributed by atoms with van der Waals surface area (Å²) in [6.07, 6.45) is 1.42. The number of ketones is 1. The summed E-state index contributed by atoms with van der Waals surface area (Å²) in [5.41, 5.74) is 7.03. The van der Waals surface area contributed by atoms with E-state index in [0.29, 0.717) is 12.8 Å². The van der Waals surface area contributed by atoms with Crippen LogP contribution in [0.1, 0.15) is 45.2 Å². The van der Waals surface area contributed by atoms with Crippen LogP contribution < -0.4 is 0 Å². The van der Waals surface area contributed by atoms with Crippen molar-refractivity contribution in [1.29, 1.82) is 0 Å². The Kier molecular flexibility index (Phi) is 6.97. The van der Waals surface area contributed by atoms with Crippen molar-refractivity contribution in [2.24, 2.45) is 0 Å². The summed E-state index contributed by atoms with van der Waals surface area (Å²) in [7, 11) is 0. The van der Waals surface area contributed by atoms with Crippen LogP contribution in [0.15, 0.2) is 109 Å². The van der Waals surface area contributed by atoms with E-state index >= 15 is 0 Å². The molecule has 0 N–H and O–H groups in total. The van der Waals surface area contributed by atoms with Crippen LogP contribution in [0.3, 0.4) is 0 Å². The van der Waals surface area contributed by atoms with Crippen molar-refractivity contribution in [2.75, 3.05) is 0 Å². The summed E-state index contributed by atoms with van der Waals surface area (Å²) in [5, 5.41) is 0. The van der Waals surface area contributed by atoms with E-state index in [1.807, 2.05) is 36.4 Å². The molecule has 4 aromatic carbocycles. The highest BCUT2D eigenvalue weighted by atomic mass is 16.1. The van der Waals surface area contributed by atoms with Crippen molar-refractivity contribution in [3.8, 4) is 0 Å². The Morgan fingerprint density at radius 2 is 0.875 bits per heavy atom. The fourth-order valence-corrected chi connectivity index (χ4v) is 4.30. The molecule has 0 saturated carbocycles. The van der Waals surface area contributed by atoms with Gasteiger partial charge in [0.05, 0.1) is 0 Å². The topological polar surface area (TPSA) is 17.1 Å². The van der Waals surface area contributed by atoms with Crippen molar-refractivity contribution in [3.05, 3.63) is 143 Å². The van der Waals surface area contributed by atoms with Gasteiger partial charge in [-0.1, -0.05) is 120 Å². The van der Waals surface area contributed by atoms with Crippen molar-refractivity contribution < 1.29 is 4.79 Å². The quantitative estimate of drug-likeness (QED) is 0.295. The molecule has 4 rings (SSSR count). The Labute approximate surface area is 191 Å². The van der Waals surface area contributed by atoms with E-state index in [1.54, 1.807) is 0 Å². The predicted molar refractivity (Wildman–Crippen MR) is 133 cm³/mol. The molecule has 0 fully saturated rings. The Hall–Kier alpha value is -3.45. The zero-order chi connectivity index (χ0) is 22.3. The van der Waals surface area contributed by atoms with Crippen LogP contribution in [0.2, 0.25) is 0 Å². The molecule has 0 spiro atoms. The van der Waals surface area contributed by atoms with E-state index in [2.05, 4.69) is 86.6 Å². The monoisotopic (exact) mass is 418 g/mol. The second-order valence-corrected chi connectivity index (χ2v) is 8.71. The Morgan fingerprint density at radius 1 is 0.531 bits per heavy atom. The van der Waals surface area contributed by atoms with Crippen LogP contribution in [0.25, 0.3) is 0 Å². The number of Topliss-reactive ketones (excluding diaryl/α,β-unsaturated/α-hetero) is 1. The third-order valence-corrected chi connectivity index (χ3v) is 6.21. The molecule has 1 heteroatoms. The zero-order valence-electron chi connectivity index (χ0n) is 18.9. The molecule has 0 aliphatic heterocycles. The smallest absolute Gasteiger partial charge is 0.148 e. The molecule has 0 bridgehead atoms. The molecule has 0 heterocycles. The lowest BCUT2D eigenvalue weighted by Crippen LogP contribution is -2.24. The second-order valence-electron chi connectivity index (χ2n) is 8.71. The van der Waals surface area contributed by atoms with Gasteiger partial charge in [-0.3, -0.25) is 4.79 Å². The number of aryl methyl sites for hydroxylation is 2. The van der Waals surface area contributed by atoms with Crippen molar-refractivity contribution in [3.63, 3.8) is 0 Å². The third-order valence-electron chi connectivity index (χ3n) is 6.21. The number of carbonyl (C=O) groups is 1. The molecule has 0 saturated heterocycles. The van der Waals surface area contributed by atoms with E-state index in [9.17, 15) is 4.79 Å². The average molecular weight is 419 g/mol. The van der Waals surface area contributed by atoms with Crippen molar-refractivity contribution in [2.45, 2.75) is 38.5 Å². The zero-order valence-corrected chi connectivity index (χ0v) is 18.9. The lowest BCUT2D eigenvalue weighted by molar-refractivity contribution is -0.122. The molecule has 2 atom stereocenters. The lowest BCUT2D eigenvalue weighted by atomic mass is 9.78. The molecule has 4 aromatic rings. The van der Waals surface area contributed by atoms with Crippen molar-refractivity contribution in [1.82, 2.24) is 0 Å². The first-order chi connectivity index (χ1) is 15.6. The number of hydrogen-bond donors (Lipinski definition) is 0. The van der Waals surface area contributed by atoms with Gasteiger partial charge in [-0.15, -0.1) is 0 Å². The van der Waals surface area contributed by atoms with E-state index in [0.717, 1.165) is 11.1 Å². The van der Waals surface area contributed by atoms with Gasteiger partial charge in [0.15, 0.2) is 0 Å². The van der Waals surface area contributed by atoms with E-state index in [1.165, 1.54) is 22.3 Å². The van der Waals surface area contributed by atoms with Crippen LogP contribution in [-0.2, 0) is 17.6 Å². The van der Waals surface area contributed by atoms with Gasteiger partial charge in [0, 0.05) is 11.8 Å². The standard InChI is InChI=1S/C31H30O/c1-23-13-17-25(18-14-23)21-29(27-9-5-3-6-10-27)31(32)30(28-11-7-4-8-12-28)22-26-19-15-24(2)16-20-26/h3-20,29-30H,21-22H2,1-2H3. The highest BCUT2D eigenvalue weighted by molar-refractivity contribution is 5.92.